The lowest BCUT2D eigenvalue weighted by atomic mass is 10.2. The topological polar surface area (TPSA) is 102 Å². The number of nitrogens with two attached hydrogens (primary N) is 1. The number of nitrogens with one attached hydrogen (secondary N) is 1. The first kappa shape index (κ1) is 18.9. The molecule has 1 amide bonds. The normalized spacial score (nSPS) is 12.5. The van der Waals surface area contributed by atoms with E-state index in [0.29, 0.717) is 5.69 Å². The highest BCUT2D eigenvalue weighted by molar-refractivity contribution is 14.1. The van der Waals surface area contributed by atoms with Crippen LogP contribution in [0.2, 0.25) is 0 Å². The number of carboxylic acids is 1. The zero-order valence-electron chi connectivity index (χ0n) is 12.6. The molecule has 0 heterocycles. The Hall–Kier alpha value is -1.16. The number of amides is 1. The van der Waals surface area contributed by atoms with Gasteiger partial charge in [-0.25, -0.2) is 9.59 Å². The molecule has 1 rings (SSSR count). The maximum atomic E-state index is 11.7. The van der Waals surface area contributed by atoms with Crippen LogP contribution in [0.4, 0.5) is 10.5 Å². The molecule has 0 bridgehead atoms. The van der Waals surface area contributed by atoms with E-state index in [9.17, 15) is 14.7 Å². The van der Waals surface area contributed by atoms with Crippen molar-refractivity contribution in [1.29, 1.82) is 0 Å². The lowest BCUT2D eigenvalue weighted by molar-refractivity contribution is -0.138. The molecule has 4 N–H and O–H groups in total. The van der Waals surface area contributed by atoms with Crippen LogP contribution in [0.3, 0.4) is 0 Å². The SMILES string of the molecule is CC(C)(C)OC(=O)NC(CSc1cccc(I)c1N)C(=O)O. The van der Waals surface area contributed by atoms with Crippen LogP contribution in [-0.2, 0) is 9.53 Å². The third kappa shape index (κ3) is 6.30. The van der Waals surface area contributed by atoms with Gasteiger partial charge in [0.05, 0.1) is 5.69 Å². The summed E-state index contributed by atoms with van der Waals surface area (Å²) >= 11 is 3.39. The number of anilines is 1. The molecule has 0 spiro atoms. The van der Waals surface area contributed by atoms with E-state index in [1.807, 2.05) is 18.2 Å². The maximum Gasteiger partial charge on any atom is 0.408 e. The van der Waals surface area contributed by atoms with Gasteiger partial charge in [0, 0.05) is 14.2 Å². The zero-order valence-corrected chi connectivity index (χ0v) is 15.5. The second kappa shape index (κ2) is 7.91. The Morgan fingerprint density at radius 2 is 2.09 bits per heavy atom. The van der Waals surface area contributed by atoms with E-state index in [-0.39, 0.29) is 5.75 Å². The van der Waals surface area contributed by atoms with Crippen LogP contribution in [0.1, 0.15) is 20.8 Å². The standard InChI is InChI=1S/C14H19IN2O4S/c1-14(2,3)21-13(20)17-9(12(18)19)7-22-10-6-4-5-8(15)11(10)16/h4-6,9H,7,16H2,1-3H3,(H,17,20)(H,18,19). The second-order valence-electron chi connectivity index (χ2n) is 5.50. The number of aliphatic carboxylic acids is 1. The molecule has 8 heteroatoms. The molecule has 0 radical (unpaired) electrons. The number of nitrogen functional groups attached to an aromatic ring is 1. The van der Waals surface area contributed by atoms with Crippen molar-refractivity contribution in [2.75, 3.05) is 11.5 Å². The fourth-order valence-electron chi connectivity index (χ4n) is 1.44. The molecular weight excluding hydrogens is 419 g/mol. The van der Waals surface area contributed by atoms with Gasteiger partial charge >= 0.3 is 12.1 Å². The van der Waals surface area contributed by atoms with E-state index in [1.54, 1.807) is 20.8 Å². The maximum absolute atomic E-state index is 11.7. The Balaban J connectivity index is 2.67. The van der Waals surface area contributed by atoms with E-state index < -0.39 is 23.7 Å². The summed E-state index contributed by atoms with van der Waals surface area (Å²) in [5.74, 6) is -0.971. The lowest BCUT2D eigenvalue weighted by Crippen LogP contribution is -2.44. The van der Waals surface area contributed by atoms with Gasteiger partial charge in [-0.05, 0) is 55.5 Å². The van der Waals surface area contributed by atoms with Crippen LogP contribution >= 0.6 is 34.4 Å². The first-order valence-electron chi connectivity index (χ1n) is 6.49. The average molecular weight is 438 g/mol. The van der Waals surface area contributed by atoms with Crippen molar-refractivity contribution >= 4 is 52.1 Å². The summed E-state index contributed by atoms with van der Waals surface area (Å²) < 4.78 is 5.96. The van der Waals surface area contributed by atoms with E-state index in [0.717, 1.165) is 8.47 Å². The molecule has 1 unspecified atom stereocenters. The Labute approximate surface area is 147 Å². The van der Waals surface area contributed by atoms with Crippen molar-refractivity contribution in [1.82, 2.24) is 5.32 Å². The quantitative estimate of drug-likeness (QED) is 0.371. The molecule has 6 nitrogen and oxygen atoms in total. The molecule has 0 aliphatic rings. The van der Waals surface area contributed by atoms with E-state index >= 15 is 0 Å². The van der Waals surface area contributed by atoms with E-state index in [1.165, 1.54) is 11.8 Å². The van der Waals surface area contributed by atoms with Crippen molar-refractivity contribution in [2.45, 2.75) is 37.3 Å². The number of halogens is 1. The minimum atomic E-state index is -1.12. The summed E-state index contributed by atoms with van der Waals surface area (Å²) in [6, 6.07) is 4.47. The predicted octanol–water partition coefficient (Wildman–Crippen LogP) is 2.94. The number of carbonyl (C=O) groups is 2. The van der Waals surface area contributed by atoms with Crippen molar-refractivity contribution in [3.8, 4) is 0 Å². The Kier molecular flexibility index (Phi) is 6.79. The summed E-state index contributed by atoms with van der Waals surface area (Å²) in [6.45, 7) is 5.14. The number of ether oxygens (including phenoxy) is 1. The third-order valence-electron chi connectivity index (χ3n) is 2.41. The zero-order chi connectivity index (χ0) is 16.9. The van der Waals surface area contributed by atoms with Crippen molar-refractivity contribution in [3.63, 3.8) is 0 Å². The highest BCUT2D eigenvalue weighted by Crippen LogP contribution is 2.29. The molecule has 0 saturated heterocycles. The Bertz CT molecular complexity index is 560. The first-order valence-corrected chi connectivity index (χ1v) is 8.55. The third-order valence-corrected chi connectivity index (χ3v) is 4.52. The van der Waals surface area contributed by atoms with Crippen molar-refractivity contribution in [3.05, 3.63) is 21.8 Å². The van der Waals surface area contributed by atoms with Crippen LogP contribution in [0.15, 0.2) is 23.1 Å². The minimum Gasteiger partial charge on any atom is -0.480 e. The van der Waals surface area contributed by atoms with Crippen molar-refractivity contribution < 1.29 is 19.4 Å². The van der Waals surface area contributed by atoms with Crippen LogP contribution < -0.4 is 11.1 Å². The van der Waals surface area contributed by atoms with Gasteiger partial charge < -0.3 is 20.9 Å². The lowest BCUT2D eigenvalue weighted by Gasteiger charge is -2.22. The molecule has 22 heavy (non-hydrogen) atoms. The average Bonchev–Trinajstić information content (AvgIpc) is 2.36. The molecular formula is C14H19IN2O4S. The number of thioether (sulfide) groups is 1. The molecule has 0 aromatic heterocycles. The number of para-hydroxylation sites is 1. The number of carbonyl (C=O) groups excluding carboxylic acids is 1. The van der Waals surface area contributed by atoms with Crippen LogP contribution in [0.25, 0.3) is 0 Å². The predicted molar refractivity (Wildman–Crippen MR) is 95.1 cm³/mol. The summed E-state index contributed by atoms with van der Waals surface area (Å²) in [5.41, 5.74) is 5.87. The molecule has 1 aromatic carbocycles. The van der Waals surface area contributed by atoms with Gasteiger partial charge in [0.25, 0.3) is 0 Å². The molecule has 0 saturated carbocycles. The summed E-state index contributed by atoms with van der Waals surface area (Å²) in [6.07, 6.45) is -0.754. The fraction of sp³-hybridized carbons (Fsp3) is 0.429. The minimum absolute atomic E-state index is 0.152. The monoisotopic (exact) mass is 438 g/mol. The number of rotatable bonds is 5. The van der Waals surface area contributed by atoms with Gasteiger partial charge in [-0.15, -0.1) is 11.8 Å². The largest absolute Gasteiger partial charge is 0.480 e. The molecule has 0 aliphatic heterocycles. The molecule has 122 valence electrons. The molecule has 0 aliphatic carbocycles. The van der Waals surface area contributed by atoms with Gasteiger partial charge in [-0.3, -0.25) is 0 Å². The number of alkyl carbamates (subject to hydrolysis) is 1. The Morgan fingerprint density at radius 3 is 2.64 bits per heavy atom. The first-order chi connectivity index (χ1) is 10.1. The van der Waals surface area contributed by atoms with Crippen LogP contribution in [-0.4, -0.2) is 34.6 Å². The van der Waals surface area contributed by atoms with E-state index in [4.69, 9.17) is 10.5 Å². The van der Waals surface area contributed by atoms with Gasteiger partial charge in [0.1, 0.15) is 11.6 Å². The molecule has 1 aromatic rings. The van der Waals surface area contributed by atoms with Crippen molar-refractivity contribution in [2.24, 2.45) is 0 Å². The van der Waals surface area contributed by atoms with Gasteiger partial charge in [0.15, 0.2) is 0 Å². The number of hydrogen-bond donors (Lipinski definition) is 3. The van der Waals surface area contributed by atoms with Gasteiger partial charge in [0.2, 0.25) is 0 Å². The van der Waals surface area contributed by atoms with Crippen LogP contribution in [0.5, 0.6) is 0 Å². The highest BCUT2D eigenvalue weighted by atomic mass is 127. The van der Waals surface area contributed by atoms with Crippen LogP contribution in [0, 0.1) is 3.57 Å². The molecule has 0 fully saturated rings. The summed E-state index contributed by atoms with van der Waals surface area (Å²) in [7, 11) is 0. The highest BCUT2D eigenvalue weighted by Gasteiger charge is 2.24. The summed E-state index contributed by atoms with van der Waals surface area (Å²) in [4.78, 5) is 23.7. The molecule has 1 atom stereocenters. The van der Waals surface area contributed by atoms with E-state index in [2.05, 4.69) is 27.9 Å². The Morgan fingerprint density at radius 1 is 1.45 bits per heavy atom. The summed E-state index contributed by atoms with van der Waals surface area (Å²) in [5, 5.41) is 11.6. The second-order valence-corrected chi connectivity index (χ2v) is 7.72. The number of hydrogen-bond acceptors (Lipinski definition) is 5. The van der Waals surface area contributed by atoms with Gasteiger partial charge in [-0.1, -0.05) is 6.07 Å². The fourth-order valence-corrected chi connectivity index (χ4v) is 3.13. The number of carboxylic acid groups (broad SMARTS) is 1. The van der Waals surface area contributed by atoms with Gasteiger partial charge in [-0.2, -0.15) is 0 Å². The smallest absolute Gasteiger partial charge is 0.408 e. The number of benzene rings is 1.